The number of hydrogen-bond acceptors (Lipinski definition) is 13. The first-order valence-corrected chi connectivity index (χ1v) is 34.4. The Morgan fingerprint density at radius 3 is 1.69 bits per heavy atom. The van der Waals surface area contributed by atoms with E-state index in [4.69, 9.17) is 110 Å². The van der Waals surface area contributed by atoms with Crippen LogP contribution < -0.4 is 44.2 Å². The first-order chi connectivity index (χ1) is 42.1. The molecule has 0 spiro atoms. The van der Waals surface area contributed by atoms with E-state index >= 15 is 0 Å². The highest BCUT2D eigenvalue weighted by Crippen LogP contribution is 2.73. The largest absolute Gasteiger partial charge is 0.478 e. The molecule has 0 radical (unpaired) electrons. The lowest BCUT2D eigenvalue weighted by Crippen LogP contribution is -2.65. The number of halogens is 5. The van der Waals surface area contributed by atoms with Gasteiger partial charge in [-0.05, 0) is 144 Å². The number of carbonyl (C=O) groups excluding carboxylic acids is 1. The summed E-state index contributed by atoms with van der Waals surface area (Å²) >= 11 is 28.7. The number of nitrogens with one attached hydrogen (secondary N) is 4. The van der Waals surface area contributed by atoms with E-state index in [-0.39, 0.29) is 41.4 Å². The van der Waals surface area contributed by atoms with Gasteiger partial charge in [-0.15, -0.1) is 23.4 Å². The average molecular weight is 1420 g/mol. The maximum atomic E-state index is 12.9. The molecule has 2 aliphatic heterocycles. The third kappa shape index (κ3) is 26.2. The molecule has 6 rings (SSSR count). The normalized spacial score (nSPS) is 20.8. The van der Waals surface area contributed by atoms with Crippen LogP contribution in [0.5, 0.6) is 0 Å². The van der Waals surface area contributed by atoms with Crippen LogP contribution >= 0.6 is 85.0 Å². The number of aromatic carboxylic acids is 1. The number of carboxylic acid groups (broad SMARTS) is 1. The van der Waals surface area contributed by atoms with E-state index in [1.54, 1.807) is 79.9 Å². The van der Waals surface area contributed by atoms with Gasteiger partial charge >= 0.3 is 25.0 Å². The molecule has 26 nitrogen and oxygen atoms in total. The monoisotopic (exact) mass is 1410 g/mol. The van der Waals surface area contributed by atoms with Crippen molar-refractivity contribution < 1.29 is 63.5 Å². The van der Waals surface area contributed by atoms with Gasteiger partial charge in [-0.25, -0.2) is 4.79 Å². The molecule has 90 heavy (non-hydrogen) atoms. The first-order valence-electron chi connectivity index (χ1n) is 28.0. The van der Waals surface area contributed by atoms with Crippen molar-refractivity contribution in [1.29, 1.82) is 0 Å². The smallest absolute Gasteiger partial charge is 0.373 e. The number of carboxylic acids is 1. The number of guanidine groups is 4. The SMILES string of the molecule is CCC[C@@H]1C[C@@H](C(=O)N[C@@H]([C@H]2O[C@H](SC)[C@H](O)[C@@H](O)[C@H]2O)[C@H](C)Cl)N(C)C1.Cc1cccc(Nc2ccccc2C(=O)O)c1C.NC(=NCCCCCCN=C(N)/N=C(\N)Nc1ccc(Cl)cc1)/N=C(\N)Nc1ccc(Cl)cc1.O=P(O)(O)C(Cl)(Cl)P(=O)(O)O. The fraction of sp³-hybridized carbons (Fsp3) is 0.464. The summed E-state index contributed by atoms with van der Waals surface area (Å²) in [7, 11) is -8.51. The van der Waals surface area contributed by atoms with Gasteiger partial charge in [-0.2, -0.15) is 9.98 Å². The van der Waals surface area contributed by atoms with E-state index in [0.29, 0.717) is 34.7 Å². The molecule has 2 fully saturated rings. The van der Waals surface area contributed by atoms with Gasteiger partial charge in [0, 0.05) is 46.7 Å². The van der Waals surface area contributed by atoms with E-state index in [2.05, 4.69) is 48.2 Å². The number of benzene rings is 4. The quantitative estimate of drug-likeness (QED) is 0.0124. The zero-order chi connectivity index (χ0) is 67.7. The number of nitrogens with two attached hydrogens (primary N) is 4. The molecule has 0 aliphatic carbocycles. The highest BCUT2D eigenvalue weighted by molar-refractivity contribution is 7.99. The molecular formula is C56H82Cl5N13O13P2S. The minimum atomic E-state index is -5.22. The molecular weight excluding hydrogens is 1330 g/mol. The molecule has 34 heteroatoms. The molecule has 0 aromatic heterocycles. The predicted molar refractivity (Wildman–Crippen MR) is 363 cm³/mol. The second-order valence-electron chi connectivity index (χ2n) is 20.7. The predicted octanol–water partition coefficient (Wildman–Crippen LogP) is 7.90. The van der Waals surface area contributed by atoms with Crippen molar-refractivity contribution >= 4 is 143 Å². The number of aliphatic imine (C=N–C) groups is 4. The number of likely N-dealkylation sites (N-methyl/N-ethyl adjacent to an activating group) is 1. The lowest BCUT2D eigenvalue weighted by Gasteiger charge is -2.44. The number of rotatable bonds is 21. The van der Waals surface area contributed by atoms with Gasteiger partial charge in [0.25, 0.3) is 0 Å². The number of para-hydroxylation sites is 1. The Labute approximate surface area is 553 Å². The third-order valence-electron chi connectivity index (χ3n) is 13.7. The summed E-state index contributed by atoms with van der Waals surface area (Å²) in [6.07, 6.45) is 3.58. The summed E-state index contributed by atoms with van der Waals surface area (Å²) in [6, 6.07) is 26.0. The number of aryl methyl sites for hydroxylation is 1. The van der Waals surface area contributed by atoms with Crippen LogP contribution in [0.2, 0.25) is 10.0 Å². The fourth-order valence-corrected chi connectivity index (χ4v) is 11.3. The molecule has 2 saturated heterocycles. The van der Waals surface area contributed by atoms with Crippen LogP contribution in [0.1, 0.15) is 80.3 Å². The van der Waals surface area contributed by atoms with Crippen molar-refractivity contribution in [3.8, 4) is 0 Å². The van der Waals surface area contributed by atoms with Crippen LogP contribution in [0, 0.1) is 19.8 Å². The van der Waals surface area contributed by atoms with Crippen LogP contribution in [-0.4, -0.2) is 165 Å². The fourth-order valence-electron chi connectivity index (χ4n) is 8.79. The van der Waals surface area contributed by atoms with Crippen molar-refractivity contribution in [2.24, 2.45) is 48.8 Å². The summed E-state index contributed by atoms with van der Waals surface area (Å²) in [6.45, 7) is 9.91. The number of thioether (sulfide) groups is 1. The van der Waals surface area contributed by atoms with Gasteiger partial charge in [0.1, 0.15) is 29.9 Å². The average Bonchev–Trinajstić information content (AvgIpc) is 0.929. The van der Waals surface area contributed by atoms with Crippen molar-refractivity contribution in [1.82, 2.24) is 10.2 Å². The van der Waals surface area contributed by atoms with Crippen LogP contribution in [0.3, 0.4) is 0 Å². The van der Waals surface area contributed by atoms with Gasteiger partial charge in [0.2, 0.25) is 29.7 Å². The lowest BCUT2D eigenvalue weighted by atomic mass is 9.92. The minimum absolute atomic E-state index is 0.124. The Morgan fingerprint density at radius 2 is 1.24 bits per heavy atom. The number of amides is 1. The van der Waals surface area contributed by atoms with E-state index in [1.807, 2.05) is 50.1 Å². The third-order valence-corrected chi connectivity index (χ3v) is 20.9. The second kappa shape index (κ2) is 38.2. The topological polar surface area (TPSA) is 444 Å². The van der Waals surface area contributed by atoms with Crippen LogP contribution in [0.4, 0.5) is 22.7 Å². The summed E-state index contributed by atoms with van der Waals surface area (Å²) in [4.78, 5) is 75.5. The Morgan fingerprint density at radius 1 is 0.756 bits per heavy atom. The number of anilines is 4. The van der Waals surface area contributed by atoms with E-state index in [1.165, 1.54) is 17.3 Å². The van der Waals surface area contributed by atoms with Gasteiger partial charge in [-0.3, -0.25) is 28.8 Å². The molecule has 20 N–H and O–H groups in total. The zero-order valence-corrected chi connectivity index (χ0v) is 56.7. The number of aliphatic hydroxyl groups excluding tert-OH is 3. The summed E-state index contributed by atoms with van der Waals surface area (Å²) < 4.78 is 22.9. The number of aliphatic hydroxyl groups is 3. The molecule has 9 atom stereocenters. The maximum absolute atomic E-state index is 12.9. The molecule has 1 amide bonds. The molecule has 2 aliphatic rings. The van der Waals surface area contributed by atoms with Gasteiger partial charge in [0.15, 0.2) is 0 Å². The Hall–Kier alpha value is -5.00. The summed E-state index contributed by atoms with van der Waals surface area (Å²) in [5.74, 6) is -0.0135. The number of likely N-dealkylation sites (tertiary alicyclic amines) is 1. The molecule has 0 bridgehead atoms. The molecule has 500 valence electrons. The molecule has 0 unspecified atom stereocenters. The second-order valence-corrected chi connectivity index (χ2v) is 29.5. The standard InChI is InChI=1S/C22H30Cl2N10.C18H33ClN2O5S.C15H15NO2.CH4Cl2O6P2/c23-15-5-9-17(10-6-15)31-21(27)33-19(25)29-13-3-1-2-4-14-30-20(26)34-22(28)32-18-11-7-16(24)8-12-18;1-5-6-10-7-11(21(3)8-10)17(25)20-12(9(2)19)16-14(23)13(22)15(24)18(26-16)27-4;1-10-6-5-9-13(11(10)2)16-14-8-4-3-7-12(14)15(17)18;2-1(3,10(4,5)6)11(7,8)9/h5-12H,1-4,13-14H2,(H5,25,27,29,31,33)(H5,26,28,30,32,34);9-16,18,22-24H,5-8H2,1-4H3,(H,20,25);3-9,16H,1-2H3,(H,17,18);(H2,4,5,6)(H2,7,8,9)/t;9-,10+,11-,12+,13-,14+,15+,16+,18+;;/m.0../s1. The van der Waals surface area contributed by atoms with Crippen LogP contribution in [-0.2, 0) is 18.7 Å². The molecule has 2 heterocycles. The Bertz CT molecular complexity index is 3040. The van der Waals surface area contributed by atoms with E-state index in [9.17, 15) is 34.0 Å². The molecule has 4 aromatic rings. The highest BCUT2D eigenvalue weighted by atomic mass is 35.5. The minimum Gasteiger partial charge on any atom is -0.478 e. The first kappa shape index (κ1) is 79.2. The number of hydrogen-bond donors (Lipinski definition) is 16. The van der Waals surface area contributed by atoms with Crippen molar-refractivity contribution in [2.45, 2.75) is 124 Å². The number of ether oxygens (including phenoxy) is 1. The maximum Gasteiger partial charge on any atom is 0.373 e. The van der Waals surface area contributed by atoms with Gasteiger partial charge in [0.05, 0.1) is 28.7 Å². The zero-order valence-electron chi connectivity index (χ0n) is 50.3. The van der Waals surface area contributed by atoms with Crippen molar-refractivity contribution in [3.05, 3.63) is 118 Å². The number of carbonyl (C=O) groups is 2. The summed E-state index contributed by atoms with van der Waals surface area (Å²) in [5, 5.41) is 52.4. The Kier molecular flexibility index (Phi) is 33.7. The van der Waals surface area contributed by atoms with Crippen molar-refractivity contribution in [3.63, 3.8) is 0 Å². The lowest BCUT2D eigenvalue weighted by molar-refractivity contribution is -0.205. The van der Waals surface area contributed by atoms with E-state index < -0.39 is 66.2 Å². The number of nitrogens with zero attached hydrogens (tertiary/aromatic N) is 5. The number of unbranched alkanes of at least 4 members (excludes halogenated alkanes) is 3. The van der Waals surface area contributed by atoms with Crippen LogP contribution in [0.25, 0.3) is 0 Å². The number of alkyl halides is 3. The van der Waals surface area contributed by atoms with E-state index in [0.717, 1.165) is 74.1 Å². The highest BCUT2D eigenvalue weighted by Gasteiger charge is 2.58. The van der Waals surface area contributed by atoms with Crippen LogP contribution in [0.15, 0.2) is 111 Å². The van der Waals surface area contributed by atoms with Gasteiger partial charge < -0.3 is 88.9 Å². The molecule has 4 aromatic carbocycles. The van der Waals surface area contributed by atoms with Crippen molar-refractivity contribution in [2.75, 3.05) is 48.9 Å². The molecule has 0 saturated carbocycles. The van der Waals surface area contributed by atoms with Gasteiger partial charge in [-0.1, -0.05) is 96.9 Å². The Balaban J connectivity index is 0.000000336. The summed E-state index contributed by atoms with van der Waals surface area (Å²) in [5.41, 5.74) is 28.2.